The van der Waals surface area contributed by atoms with Gasteiger partial charge in [0.05, 0.1) is 11.4 Å². The third-order valence-corrected chi connectivity index (χ3v) is 5.61. The number of rotatable bonds is 1. The fraction of sp³-hybridized carbons (Fsp3) is 0.182. The molecule has 0 saturated heterocycles. The van der Waals surface area contributed by atoms with Crippen LogP contribution in [-0.4, -0.2) is 13.4 Å². The molecule has 0 N–H and O–H groups in total. The lowest BCUT2D eigenvalue weighted by Gasteiger charge is -2.12. The number of hydrogen-bond acceptors (Lipinski definition) is 4. The topological polar surface area (TPSA) is 50.3 Å². The van der Waals surface area contributed by atoms with Gasteiger partial charge in [0.1, 0.15) is 5.82 Å². The minimum atomic E-state index is -3.59. The Kier molecular flexibility index (Phi) is 2.43. The fourth-order valence-corrected chi connectivity index (χ4v) is 4.48. The molecule has 0 amide bonds. The van der Waals surface area contributed by atoms with E-state index in [9.17, 15) is 12.8 Å². The highest BCUT2D eigenvalue weighted by Crippen LogP contribution is 2.36. The Bertz CT molecular complexity index is 724. The quantitative estimate of drug-likeness (QED) is 0.807. The number of sulfonamides is 1. The Morgan fingerprint density at radius 1 is 1.44 bits per heavy atom. The number of aryl methyl sites for hydroxylation is 1. The van der Waals surface area contributed by atoms with Crippen LogP contribution in [0.4, 0.5) is 9.52 Å². The minimum Gasteiger partial charge on any atom is -0.237 e. The molecule has 1 aromatic heterocycles. The van der Waals surface area contributed by atoms with Gasteiger partial charge in [-0.3, -0.25) is 0 Å². The summed E-state index contributed by atoms with van der Waals surface area (Å²) in [6, 6.07) is 3.72. The molecule has 0 aliphatic carbocycles. The van der Waals surface area contributed by atoms with Crippen LogP contribution in [-0.2, 0) is 16.6 Å². The number of benzene rings is 1. The van der Waals surface area contributed by atoms with Gasteiger partial charge in [0.2, 0.25) is 0 Å². The maximum absolute atomic E-state index is 13.1. The zero-order chi connectivity index (χ0) is 12.9. The van der Waals surface area contributed by atoms with Crippen molar-refractivity contribution >= 4 is 26.5 Å². The van der Waals surface area contributed by atoms with E-state index in [1.807, 2.05) is 6.92 Å². The van der Waals surface area contributed by atoms with E-state index >= 15 is 0 Å². The second kappa shape index (κ2) is 3.76. The monoisotopic (exact) mass is 284 g/mol. The summed E-state index contributed by atoms with van der Waals surface area (Å²) in [5.41, 5.74) is 0.475. The van der Waals surface area contributed by atoms with E-state index in [4.69, 9.17) is 0 Å². The first kappa shape index (κ1) is 11.6. The predicted octanol–water partition coefficient (Wildman–Crippen LogP) is 2.30. The highest BCUT2D eigenvalue weighted by Gasteiger charge is 2.36. The Morgan fingerprint density at radius 3 is 2.89 bits per heavy atom. The zero-order valence-corrected chi connectivity index (χ0v) is 11.1. The molecule has 7 heteroatoms. The molecule has 1 aliphatic heterocycles. The van der Waals surface area contributed by atoms with Crippen molar-refractivity contribution in [1.82, 2.24) is 4.98 Å². The summed E-state index contributed by atoms with van der Waals surface area (Å²) in [5, 5.41) is 0.420. The summed E-state index contributed by atoms with van der Waals surface area (Å²) in [7, 11) is -3.59. The maximum Gasteiger partial charge on any atom is 0.266 e. The first-order chi connectivity index (χ1) is 8.48. The highest BCUT2D eigenvalue weighted by molar-refractivity contribution is 7.93. The Morgan fingerprint density at radius 2 is 2.22 bits per heavy atom. The molecular formula is C11H9FN2O2S2. The van der Waals surface area contributed by atoms with Crippen molar-refractivity contribution in [3.63, 3.8) is 0 Å². The highest BCUT2D eigenvalue weighted by atomic mass is 32.2. The molecule has 18 heavy (non-hydrogen) atoms. The zero-order valence-electron chi connectivity index (χ0n) is 9.42. The van der Waals surface area contributed by atoms with Gasteiger partial charge in [-0.15, -0.1) is 11.3 Å². The van der Waals surface area contributed by atoms with Crippen molar-refractivity contribution < 1.29 is 12.8 Å². The van der Waals surface area contributed by atoms with E-state index in [2.05, 4.69) is 4.98 Å². The van der Waals surface area contributed by atoms with Crippen molar-refractivity contribution in [2.24, 2.45) is 0 Å². The van der Waals surface area contributed by atoms with Gasteiger partial charge in [-0.1, -0.05) is 0 Å². The first-order valence-corrected chi connectivity index (χ1v) is 7.48. The second-order valence-corrected chi connectivity index (χ2v) is 7.06. The predicted molar refractivity (Wildman–Crippen MR) is 66.6 cm³/mol. The number of hydrogen-bond donors (Lipinski definition) is 0. The summed E-state index contributed by atoms with van der Waals surface area (Å²) in [5.74, 6) is -0.430. The number of halogens is 1. The van der Waals surface area contributed by atoms with Gasteiger partial charge in [0, 0.05) is 11.1 Å². The summed E-state index contributed by atoms with van der Waals surface area (Å²) >= 11 is 1.30. The average Bonchev–Trinajstić information content (AvgIpc) is 2.81. The molecule has 0 fully saturated rings. The van der Waals surface area contributed by atoms with Gasteiger partial charge in [-0.05, 0) is 30.7 Å². The Balaban J connectivity index is 2.13. The molecular weight excluding hydrogens is 275 g/mol. The second-order valence-electron chi connectivity index (χ2n) is 4.02. The SMILES string of the molecule is Cc1cnc(N2Cc3cc(F)ccc3S2(=O)=O)s1. The summed E-state index contributed by atoms with van der Waals surface area (Å²) < 4.78 is 38.9. The molecule has 4 nitrogen and oxygen atoms in total. The van der Waals surface area contributed by atoms with Crippen LogP contribution in [0.15, 0.2) is 29.3 Å². The molecule has 0 saturated carbocycles. The number of anilines is 1. The van der Waals surface area contributed by atoms with E-state index in [1.165, 1.54) is 27.8 Å². The van der Waals surface area contributed by atoms with Gasteiger partial charge in [0.15, 0.2) is 5.13 Å². The van der Waals surface area contributed by atoms with Gasteiger partial charge < -0.3 is 0 Å². The molecule has 94 valence electrons. The Hall–Kier alpha value is -1.47. The van der Waals surface area contributed by atoms with Gasteiger partial charge >= 0.3 is 0 Å². The van der Waals surface area contributed by atoms with Crippen molar-refractivity contribution in [3.05, 3.63) is 40.7 Å². The van der Waals surface area contributed by atoms with E-state index in [0.29, 0.717) is 10.7 Å². The van der Waals surface area contributed by atoms with E-state index in [0.717, 1.165) is 10.9 Å². The average molecular weight is 284 g/mol. The van der Waals surface area contributed by atoms with E-state index < -0.39 is 15.8 Å². The fourth-order valence-electron chi connectivity index (χ4n) is 1.91. The minimum absolute atomic E-state index is 0.141. The lowest BCUT2D eigenvalue weighted by Crippen LogP contribution is -2.23. The van der Waals surface area contributed by atoms with Crippen LogP contribution in [0.25, 0.3) is 0 Å². The number of aromatic nitrogens is 1. The van der Waals surface area contributed by atoms with Crippen molar-refractivity contribution in [2.75, 3.05) is 4.31 Å². The van der Waals surface area contributed by atoms with Crippen LogP contribution in [0, 0.1) is 12.7 Å². The summed E-state index contributed by atoms with van der Waals surface area (Å²) in [6.07, 6.45) is 1.62. The maximum atomic E-state index is 13.1. The molecule has 1 aliphatic rings. The van der Waals surface area contributed by atoms with Crippen molar-refractivity contribution in [1.29, 1.82) is 0 Å². The standard InChI is InChI=1S/C11H9FN2O2S2/c1-7-5-13-11(17-7)14-6-8-4-9(12)2-3-10(8)18(14,15)16/h2-5H,6H2,1H3. The third kappa shape index (κ3) is 1.62. The first-order valence-electron chi connectivity index (χ1n) is 5.22. The largest absolute Gasteiger partial charge is 0.266 e. The smallest absolute Gasteiger partial charge is 0.237 e. The lowest BCUT2D eigenvalue weighted by atomic mass is 10.2. The van der Waals surface area contributed by atoms with Crippen molar-refractivity contribution in [2.45, 2.75) is 18.4 Å². The van der Waals surface area contributed by atoms with Gasteiger partial charge in [-0.2, -0.15) is 0 Å². The van der Waals surface area contributed by atoms with Gasteiger partial charge in [0.25, 0.3) is 10.0 Å². The third-order valence-electron chi connectivity index (χ3n) is 2.73. The molecule has 0 unspecified atom stereocenters. The van der Waals surface area contributed by atoms with E-state index in [-0.39, 0.29) is 11.4 Å². The van der Waals surface area contributed by atoms with Gasteiger partial charge in [-0.25, -0.2) is 22.1 Å². The van der Waals surface area contributed by atoms with E-state index in [1.54, 1.807) is 6.20 Å². The molecule has 2 heterocycles. The number of nitrogens with zero attached hydrogens (tertiary/aromatic N) is 2. The number of thiazole rings is 1. The molecule has 3 rings (SSSR count). The molecule has 0 spiro atoms. The van der Waals surface area contributed by atoms with Crippen LogP contribution < -0.4 is 4.31 Å². The molecule has 0 atom stereocenters. The molecule has 0 radical (unpaired) electrons. The number of fused-ring (bicyclic) bond motifs is 1. The summed E-state index contributed by atoms with van der Waals surface area (Å²) in [6.45, 7) is 2.00. The van der Waals surface area contributed by atoms with Crippen molar-refractivity contribution in [3.8, 4) is 0 Å². The van der Waals surface area contributed by atoms with Crippen LogP contribution in [0.1, 0.15) is 10.4 Å². The lowest BCUT2D eigenvalue weighted by molar-refractivity contribution is 0.596. The van der Waals surface area contributed by atoms with Crippen LogP contribution in [0.2, 0.25) is 0 Å². The summed E-state index contributed by atoms with van der Waals surface area (Å²) in [4.78, 5) is 5.17. The normalized spacial score (nSPS) is 16.9. The molecule has 1 aromatic carbocycles. The van der Waals surface area contributed by atoms with Crippen LogP contribution in [0.5, 0.6) is 0 Å². The molecule has 2 aromatic rings. The van der Waals surface area contributed by atoms with Crippen LogP contribution >= 0.6 is 11.3 Å². The van der Waals surface area contributed by atoms with Crippen LogP contribution in [0.3, 0.4) is 0 Å². The molecule has 0 bridgehead atoms. The Labute approximate surface area is 108 Å².